The highest BCUT2D eigenvalue weighted by Crippen LogP contribution is 2.29. The Morgan fingerprint density at radius 2 is 2.14 bits per heavy atom. The molecule has 0 radical (unpaired) electrons. The number of aryl methyl sites for hydroxylation is 2. The molecule has 0 atom stereocenters. The Morgan fingerprint density at radius 3 is 2.86 bits per heavy atom. The van der Waals surface area contributed by atoms with Crippen molar-refractivity contribution in [3.63, 3.8) is 0 Å². The van der Waals surface area contributed by atoms with Gasteiger partial charge in [0.2, 0.25) is 5.91 Å². The van der Waals surface area contributed by atoms with E-state index in [4.69, 9.17) is 4.52 Å². The summed E-state index contributed by atoms with van der Waals surface area (Å²) in [5.41, 5.74) is 3.74. The van der Waals surface area contributed by atoms with Crippen LogP contribution in [-0.4, -0.2) is 24.1 Å². The number of hydrogen-bond donors (Lipinski definition) is 2. The van der Waals surface area contributed by atoms with E-state index in [-0.39, 0.29) is 11.9 Å². The highest BCUT2D eigenvalue weighted by molar-refractivity contribution is 6.01. The Balaban J connectivity index is 1.72. The Hall–Kier alpha value is -2.83. The van der Waals surface area contributed by atoms with Crippen LogP contribution in [0.4, 0.5) is 21.9 Å². The normalized spacial score (nSPS) is 13.7. The summed E-state index contributed by atoms with van der Waals surface area (Å²) in [7, 11) is 1.76. The summed E-state index contributed by atoms with van der Waals surface area (Å²) >= 11 is 0. The summed E-state index contributed by atoms with van der Waals surface area (Å²) in [6.45, 7) is 1.74. The number of carbonyl (C=O) groups is 2. The molecule has 2 N–H and O–H groups in total. The maximum Gasteiger partial charge on any atom is 0.323 e. The van der Waals surface area contributed by atoms with Gasteiger partial charge in [0, 0.05) is 24.8 Å². The van der Waals surface area contributed by atoms with Crippen LogP contribution in [0, 0.1) is 6.92 Å². The molecule has 2 heterocycles. The molecular weight excluding hydrogens is 284 g/mol. The number of anilines is 3. The van der Waals surface area contributed by atoms with Gasteiger partial charge < -0.3 is 20.1 Å². The SMILES string of the molecule is Cc1nocc1NC(=O)Nc1ccc2c(c1)CCC(=O)N2C. The highest BCUT2D eigenvalue weighted by Gasteiger charge is 2.21. The zero-order valence-corrected chi connectivity index (χ0v) is 12.3. The van der Waals surface area contributed by atoms with Gasteiger partial charge in [0.1, 0.15) is 17.6 Å². The minimum absolute atomic E-state index is 0.105. The summed E-state index contributed by atoms with van der Waals surface area (Å²) in [6.07, 6.45) is 2.54. The summed E-state index contributed by atoms with van der Waals surface area (Å²) in [4.78, 5) is 25.3. The molecule has 7 heteroatoms. The largest absolute Gasteiger partial charge is 0.362 e. The third-order valence-electron chi connectivity index (χ3n) is 3.68. The second-order valence-corrected chi connectivity index (χ2v) is 5.19. The first-order chi connectivity index (χ1) is 10.5. The average Bonchev–Trinajstić information content (AvgIpc) is 2.88. The predicted octanol–water partition coefficient (Wildman–Crippen LogP) is 2.54. The van der Waals surface area contributed by atoms with Crippen molar-refractivity contribution in [3.05, 3.63) is 35.7 Å². The lowest BCUT2D eigenvalue weighted by Gasteiger charge is -2.26. The van der Waals surface area contributed by atoms with Gasteiger partial charge >= 0.3 is 6.03 Å². The van der Waals surface area contributed by atoms with Crippen LogP contribution in [0.1, 0.15) is 17.7 Å². The molecule has 1 aromatic carbocycles. The number of rotatable bonds is 2. The molecule has 0 bridgehead atoms. The van der Waals surface area contributed by atoms with Crippen LogP contribution in [0.15, 0.2) is 29.0 Å². The van der Waals surface area contributed by atoms with Crippen LogP contribution in [0.3, 0.4) is 0 Å². The molecule has 0 fully saturated rings. The molecule has 0 saturated carbocycles. The molecule has 3 amide bonds. The maximum absolute atomic E-state index is 12.0. The fraction of sp³-hybridized carbons (Fsp3) is 0.267. The molecule has 0 saturated heterocycles. The number of carbonyl (C=O) groups excluding carboxylic acids is 2. The van der Waals surface area contributed by atoms with Crippen molar-refractivity contribution in [2.24, 2.45) is 0 Å². The lowest BCUT2D eigenvalue weighted by atomic mass is 10.0. The zero-order valence-electron chi connectivity index (χ0n) is 12.3. The van der Waals surface area contributed by atoms with E-state index < -0.39 is 0 Å². The van der Waals surface area contributed by atoms with Crippen LogP contribution in [0.5, 0.6) is 0 Å². The van der Waals surface area contributed by atoms with E-state index in [9.17, 15) is 9.59 Å². The Bertz CT molecular complexity index is 738. The third-order valence-corrected chi connectivity index (χ3v) is 3.68. The van der Waals surface area contributed by atoms with Crippen LogP contribution in [-0.2, 0) is 11.2 Å². The molecule has 22 heavy (non-hydrogen) atoms. The van der Waals surface area contributed by atoms with E-state index in [2.05, 4.69) is 15.8 Å². The number of amides is 3. The van der Waals surface area contributed by atoms with Crippen LogP contribution in [0.25, 0.3) is 0 Å². The third kappa shape index (κ3) is 2.65. The number of nitrogens with zero attached hydrogens (tertiary/aromatic N) is 2. The molecular formula is C15H16N4O3. The van der Waals surface area contributed by atoms with Gasteiger partial charge in [0.25, 0.3) is 0 Å². The van der Waals surface area contributed by atoms with Gasteiger partial charge in [-0.25, -0.2) is 4.79 Å². The van der Waals surface area contributed by atoms with Gasteiger partial charge in [-0.1, -0.05) is 5.16 Å². The Labute approximate surface area is 127 Å². The second-order valence-electron chi connectivity index (χ2n) is 5.19. The number of aromatic nitrogens is 1. The molecule has 0 aliphatic carbocycles. The first-order valence-electron chi connectivity index (χ1n) is 6.93. The van der Waals surface area contributed by atoms with Crippen LogP contribution in [0.2, 0.25) is 0 Å². The van der Waals surface area contributed by atoms with Crippen molar-refractivity contribution >= 4 is 29.0 Å². The Morgan fingerprint density at radius 1 is 1.32 bits per heavy atom. The summed E-state index contributed by atoms with van der Waals surface area (Å²) in [6, 6.07) is 5.13. The number of hydrogen-bond acceptors (Lipinski definition) is 4. The van der Waals surface area contributed by atoms with Gasteiger partial charge in [-0.15, -0.1) is 0 Å². The monoisotopic (exact) mass is 300 g/mol. The van der Waals surface area contributed by atoms with Crippen LogP contribution < -0.4 is 15.5 Å². The van der Waals surface area contributed by atoms with Crippen molar-refractivity contribution in [1.29, 1.82) is 0 Å². The highest BCUT2D eigenvalue weighted by atomic mass is 16.5. The topological polar surface area (TPSA) is 87.5 Å². The minimum Gasteiger partial charge on any atom is -0.362 e. The van der Waals surface area contributed by atoms with E-state index in [1.165, 1.54) is 6.26 Å². The molecule has 2 aromatic rings. The van der Waals surface area contributed by atoms with Gasteiger partial charge in [0.15, 0.2) is 0 Å². The van der Waals surface area contributed by atoms with Gasteiger partial charge in [0.05, 0.1) is 0 Å². The summed E-state index contributed by atoms with van der Waals surface area (Å²) in [5, 5.41) is 9.12. The predicted molar refractivity (Wildman–Crippen MR) is 82.1 cm³/mol. The zero-order chi connectivity index (χ0) is 15.7. The molecule has 1 aliphatic rings. The smallest absolute Gasteiger partial charge is 0.323 e. The van der Waals surface area contributed by atoms with Gasteiger partial charge in [-0.05, 0) is 37.1 Å². The van der Waals surface area contributed by atoms with E-state index in [1.54, 1.807) is 24.9 Å². The van der Waals surface area contributed by atoms with Crippen molar-refractivity contribution in [2.45, 2.75) is 19.8 Å². The van der Waals surface area contributed by atoms with Gasteiger partial charge in [-0.3, -0.25) is 4.79 Å². The number of fused-ring (bicyclic) bond motifs is 1. The molecule has 114 valence electrons. The fourth-order valence-electron chi connectivity index (χ4n) is 2.43. The van der Waals surface area contributed by atoms with Crippen molar-refractivity contribution < 1.29 is 14.1 Å². The van der Waals surface area contributed by atoms with E-state index in [0.29, 0.717) is 29.9 Å². The van der Waals surface area contributed by atoms with Gasteiger partial charge in [-0.2, -0.15) is 0 Å². The van der Waals surface area contributed by atoms with E-state index in [1.807, 2.05) is 12.1 Å². The standard InChI is InChI=1S/C15H16N4O3/c1-9-12(8-22-18-9)17-15(21)16-11-4-5-13-10(7-11)3-6-14(20)19(13)2/h4-5,7-8H,3,6H2,1-2H3,(H2,16,17,21). The summed E-state index contributed by atoms with van der Waals surface area (Å²) < 4.78 is 4.76. The minimum atomic E-state index is -0.369. The first kappa shape index (κ1) is 14.1. The first-order valence-corrected chi connectivity index (χ1v) is 6.93. The fourth-order valence-corrected chi connectivity index (χ4v) is 2.43. The maximum atomic E-state index is 12.0. The summed E-state index contributed by atoms with van der Waals surface area (Å²) in [5.74, 6) is 0.105. The lowest BCUT2D eigenvalue weighted by Crippen LogP contribution is -2.31. The second kappa shape index (κ2) is 5.51. The van der Waals surface area contributed by atoms with Crippen LogP contribution >= 0.6 is 0 Å². The van der Waals surface area contributed by atoms with Crippen molar-refractivity contribution in [3.8, 4) is 0 Å². The van der Waals surface area contributed by atoms with Crippen molar-refractivity contribution in [2.75, 3.05) is 22.6 Å². The number of nitrogens with one attached hydrogen (secondary N) is 2. The Kier molecular flexibility index (Phi) is 3.54. The molecule has 1 aliphatic heterocycles. The molecule has 0 spiro atoms. The quantitative estimate of drug-likeness (QED) is 0.892. The number of benzene rings is 1. The lowest BCUT2D eigenvalue weighted by molar-refractivity contribution is -0.118. The number of urea groups is 1. The molecule has 1 aromatic heterocycles. The van der Waals surface area contributed by atoms with Crippen molar-refractivity contribution in [1.82, 2.24) is 5.16 Å². The van der Waals surface area contributed by atoms with E-state index >= 15 is 0 Å². The molecule has 0 unspecified atom stereocenters. The van der Waals surface area contributed by atoms with E-state index in [0.717, 1.165) is 11.3 Å². The average molecular weight is 300 g/mol. The molecule has 7 nitrogen and oxygen atoms in total. The molecule has 3 rings (SSSR count).